The van der Waals surface area contributed by atoms with Crippen molar-refractivity contribution in [3.8, 4) is 0 Å². The lowest BCUT2D eigenvalue weighted by Crippen LogP contribution is -2.49. The number of hydrogen-bond acceptors (Lipinski definition) is 3. The predicted molar refractivity (Wildman–Crippen MR) is 80.2 cm³/mol. The quantitative estimate of drug-likeness (QED) is 0.833. The van der Waals surface area contributed by atoms with Crippen molar-refractivity contribution in [2.75, 3.05) is 39.4 Å². The Hall–Kier alpha value is -0.120. The summed E-state index contributed by atoms with van der Waals surface area (Å²) in [7, 11) is 0. The van der Waals surface area contributed by atoms with Gasteiger partial charge in [0, 0.05) is 19.8 Å². The molecule has 2 aliphatic rings. The van der Waals surface area contributed by atoms with Gasteiger partial charge in [-0.05, 0) is 56.1 Å². The minimum Gasteiger partial charge on any atom is -0.381 e. The SMILES string of the molecule is CCC1(CC)CCN(CC2(CN)CCOCC2)CC1. The Morgan fingerprint density at radius 1 is 0.947 bits per heavy atom. The van der Waals surface area contributed by atoms with Crippen LogP contribution in [0.5, 0.6) is 0 Å². The van der Waals surface area contributed by atoms with Gasteiger partial charge in [-0.25, -0.2) is 0 Å². The Balaban J connectivity index is 1.87. The van der Waals surface area contributed by atoms with Crippen LogP contribution in [-0.4, -0.2) is 44.3 Å². The second-order valence-corrected chi connectivity index (χ2v) is 6.80. The average molecular weight is 268 g/mol. The molecule has 0 aliphatic carbocycles. The van der Waals surface area contributed by atoms with Crippen LogP contribution >= 0.6 is 0 Å². The summed E-state index contributed by atoms with van der Waals surface area (Å²) >= 11 is 0. The van der Waals surface area contributed by atoms with E-state index >= 15 is 0 Å². The van der Waals surface area contributed by atoms with Crippen LogP contribution in [0.4, 0.5) is 0 Å². The van der Waals surface area contributed by atoms with E-state index < -0.39 is 0 Å². The topological polar surface area (TPSA) is 38.5 Å². The van der Waals surface area contributed by atoms with Crippen LogP contribution in [0.2, 0.25) is 0 Å². The van der Waals surface area contributed by atoms with Gasteiger partial charge in [-0.3, -0.25) is 0 Å². The van der Waals surface area contributed by atoms with Gasteiger partial charge in [0.1, 0.15) is 0 Å². The van der Waals surface area contributed by atoms with Crippen LogP contribution < -0.4 is 5.73 Å². The molecule has 0 saturated carbocycles. The second-order valence-electron chi connectivity index (χ2n) is 6.80. The van der Waals surface area contributed by atoms with Gasteiger partial charge in [0.2, 0.25) is 0 Å². The molecule has 2 N–H and O–H groups in total. The van der Waals surface area contributed by atoms with E-state index in [-0.39, 0.29) is 0 Å². The Morgan fingerprint density at radius 2 is 1.53 bits per heavy atom. The van der Waals surface area contributed by atoms with Crippen LogP contribution in [0.15, 0.2) is 0 Å². The maximum absolute atomic E-state index is 6.08. The fourth-order valence-corrected chi connectivity index (χ4v) is 3.85. The van der Waals surface area contributed by atoms with Gasteiger partial charge in [-0.15, -0.1) is 0 Å². The summed E-state index contributed by atoms with van der Waals surface area (Å²) in [6.45, 7) is 11.1. The van der Waals surface area contributed by atoms with Crippen LogP contribution in [0.3, 0.4) is 0 Å². The van der Waals surface area contributed by atoms with Crippen molar-refractivity contribution in [3.63, 3.8) is 0 Å². The van der Waals surface area contributed by atoms with E-state index in [4.69, 9.17) is 10.5 Å². The van der Waals surface area contributed by atoms with Crippen molar-refractivity contribution in [2.45, 2.75) is 52.4 Å². The number of likely N-dealkylation sites (tertiary alicyclic amines) is 1. The molecule has 0 aromatic heterocycles. The van der Waals surface area contributed by atoms with Crippen LogP contribution in [-0.2, 0) is 4.74 Å². The number of hydrogen-bond donors (Lipinski definition) is 1. The van der Waals surface area contributed by atoms with E-state index in [9.17, 15) is 0 Å². The molecule has 0 amide bonds. The molecule has 0 radical (unpaired) electrons. The van der Waals surface area contributed by atoms with Crippen molar-refractivity contribution in [1.82, 2.24) is 4.90 Å². The summed E-state index contributed by atoms with van der Waals surface area (Å²) in [4.78, 5) is 2.67. The number of piperidine rings is 1. The fourth-order valence-electron chi connectivity index (χ4n) is 3.85. The predicted octanol–water partition coefficient (Wildman–Crippen LogP) is 2.64. The minimum absolute atomic E-state index is 0.330. The first-order valence-electron chi connectivity index (χ1n) is 8.18. The van der Waals surface area contributed by atoms with Gasteiger partial charge < -0.3 is 15.4 Å². The molecule has 3 nitrogen and oxygen atoms in total. The Bertz CT molecular complexity index is 260. The van der Waals surface area contributed by atoms with E-state index in [1.54, 1.807) is 0 Å². The molecule has 0 aromatic carbocycles. The summed E-state index contributed by atoms with van der Waals surface area (Å²) in [6.07, 6.45) is 7.72. The maximum atomic E-state index is 6.08. The van der Waals surface area contributed by atoms with Crippen LogP contribution in [0.1, 0.15) is 52.4 Å². The van der Waals surface area contributed by atoms with Gasteiger partial charge in [0.25, 0.3) is 0 Å². The van der Waals surface area contributed by atoms with E-state index in [1.807, 2.05) is 0 Å². The van der Waals surface area contributed by atoms with Crippen molar-refractivity contribution in [3.05, 3.63) is 0 Å². The van der Waals surface area contributed by atoms with Crippen molar-refractivity contribution < 1.29 is 4.74 Å². The molecule has 3 heteroatoms. The molecule has 2 fully saturated rings. The van der Waals surface area contributed by atoms with E-state index in [1.165, 1.54) is 45.3 Å². The number of nitrogens with two attached hydrogens (primary N) is 1. The monoisotopic (exact) mass is 268 g/mol. The third kappa shape index (κ3) is 3.50. The summed E-state index contributed by atoms with van der Waals surface area (Å²) in [6, 6.07) is 0. The molecule has 2 aliphatic heterocycles. The number of nitrogens with zero attached hydrogens (tertiary/aromatic N) is 1. The van der Waals surface area contributed by atoms with E-state index in [0.29, 0.717) is 10.8 Å². The zero-order chi connectivity index (χ0) is 13.8. The highest BCUT2D eigenvalue weighted by molar-refractivity contribution is 4.90. The van der Waals surface area contributed by atoms with Crippen LogP contribution in [0.25, 0.3) is 0 Å². The van der Waals surface area contributed by atoms with Crippen molar-refractivity contribution in [1.29, 1.82) is 0 Å². The zero-order valence-corrected chi connectivity index (χ0v) is 12.9. The molecule has 0 bridgehead atoms. The molecular weight excluding hydrogens is 236 g/mol. The normalized spacial score (nSPS) is 27.3. The number of ether oxygens (including phenoxy) is 1. The van der Waals surface area contributed by atoms with Crippen molar-refractivity contribution >= 4 is 0 Å². The molecule has 19 heavy (non-hydrogen) atoms. The first-order chi connectivity index (χ1) is 9.17. The van der Waals surface area contributed by atoms with E-state index in [2.05, 4.69) is 18.7 Å². The highest BCUT2D eigenvalue weighted by Gasteiger charge is 2.37. The summed E-state index contributed by atoms with van der Waals surface area (Å²) < 4.78 is 5.51. The molecular formula is C16H32N2O. The largest absolute Gasteiger partial charge is 0.381 e. The first kappa shape index (κ1) is 15.3. The van der Waals surface area contributed by atoms with Gasteiger partial charge >= 0.3 is 0 Å². The van der Waals surface area contributed by atoms with Gasteiger partial charge in [0.05, 0.1) is 0 Å². The van der Waals surface area contributed by atoms with Gasteiger partial charge in [-0.2, -0.15) is 0 Å². The highest BCUT2D eigenvalue weighted by Crippen LogP contribution is 2.39. The smallest absolute Gasteiger partial charge is 0.0472 e. The Morgan fingerprint density at radius 3 is 2.00 bits per heavy atom. The average Bonchev–Trinajstić information content (AvgIpc) is 2.49. The van der Waals surface area contributed by atoms with E-state index in [0.717, 1.165) is 32.6 Å². The molecule has 0 spiro atoms. The molecule has 112 valence electrons. The third-order valence-electron chi connectivity index (χ3n) is 5.96. The standard InChI is InChI=1S/C16H32N2O/c1-3-15(4-2)5-9-18(10-6-15)14-16(13-17)7-11-19-12-8-16/h3-14,17H2,1-2H3. The molecule has 0 unspecified atom stereocenters. The molecule has 2 rings (SSSR count). The summed E-state index contributed by atoms with van der Waals surface area (Å²) in [5.74, 6) is 0. The molecule has 0 atom stereocenters. The highest BCUT2D eigenvalue weighted by atomic mass is 16.5. The lowest BCUT2D eigenvalue weighted by atomic mass is 9.73. The van der Waals surface area contributed by atoms with Crippen molar-refractivity contribution in [2.24, 2.45) is 16.6 Å². The fraction of sp³-hybridized carbons (Fsp3) is 1.00. The lowest BCUT2D eigenvalue weighted by Gasteiger charge is -2.45. The van der Waals surface area contributed by atoms with Gasteiger partial charge in [0.15, 0.2) is 0 Å². The molecule has 2 saturated heterocycles. The Kier molecular flexibility index (Phi) is 5.27. The minimum atomic E-state index is 0.330. The summed E-state index contributed by atoms with van der Waals surface area (Å²) in [5, 5.41) is 0. The molecule has 0 aromatic rings. The van der Waals surface area contributed by atoms with Crippen LogP contribution in [0, 0.1) is 10.8 Å². The Labute approximate surface area is 118 Å². The molecule has 2 heterocycles. The lowest BCUT2D eigenvalue weighted by molar-refractivity contribution is -0.0130. The first-order valence-corrected chi connectivity index (χ1v) is 8.18. The summed E-state index contributed by atoms with van der Waals surface area (Å²) in [5.41, 5.74) is 7.04. The van der Waals surface area contributed by atoms with Gasteiger partial charge in [-0.1, -0.05) is 26.7 Å². The zero-order valence-electron chi connectivity index (χ0n) is 12.9. The third-order valence-corrected chi connectivity index (χ3v) is 5.96. The second kappa shape index (κ2) is 6.55. The number of rotatable bonds is 5. The maximum Gasteiger partial charge on any atom is 0.0472 e.